The number of nitrogens with zero attached hydrogens (tertiary/aromatic N) is 1. The first kappa shape index (κ1) is 14.4. The Balaban J connectivity index is 1.92. The van der Waals surface area contributed by atoms with Crippen LogP contribution in [0.2, 0.25) is 0 Å². The second-order valence-corrected chi connectivity index (χ2v) is 6.76. The van der Waals surface area contributed by atoms with Gasteiger partial charge in [0.1, 0.15) is 21.5 Å². The molecule has 9 heteroatoms. The van der Waals surface area contributed by atoms with E-state index in [-0.39, 0.29) is 10.9 Å². The van der Waals surface area contributed by atoms with E-state index in [0.717, 1.165) is 10.4 Å². The number of carboxylic acids is 1. The van der Waals surface area contributed by atoms with Crippen molar-refractivity contribution >= 4 is 36.2 Å². The second-order valence-electron chi connectivity index (χ2n) is 4.38. The van der Waals surface area contributed by atoms with Crippen molar-refractivity contribution in [3.63, 3.8) is 0 Å². The molecule has 0 aliphatic carbocycles. The molecule has 1 aliphatic heterocycles. The van der Waals surface area contributed by atoms with Crippen LogP contribution in [0.5, 0.6) is 5.75 Å². The first-order valence-electron chi connectivity index (χ1n) is 6.02. The number of carboxylic acid groups (broad SMARTS) is 1. The maximum atomic E-state index is 13.6. The van der Waals surface area contributed by atoms with Gasteiger partial charge in [0.2, 0.25) is 0 Å². The van der Waals surface area contributed by atoms with Crippen molar-refractivity contribution in [2.45, 2.75) is 15.9 Å². The van der Waals surface area contributed by atoms with Gasteiger partial charge in [0.15, 0.2) is 0 Å². The van der Waals surface area contributed by atoms with Crippen LogP contribution in [0, 0.1) is 5.82 Å². The zero-order chi connectivity index (χ0) is 15.0. The molecule has 0 bridgehead atoms. The fourth-order valence-corrected chi connectivity index (χ4v) is 4.04. The van der Waals surface area contributed by atoms with Gasteiger partial charge in [0.05, 0.1) is 5.15 Å². The number of benzene rings is 1. The van der Waals surface area contributed by atoms with E-state index in [1.54, 1.807) is 6.20 Å². The van der Waals surface area contributed by atoms with Crippen molar-refractivity contribution in [1.29, 1.82) is 0 Å². The molecular weight excluding hydrogens is 316 g/mol. The molecule has 3 rings (SSSR count). The molecule has 21 heavy (non-hydrogen) atoms. The zero-order valence-corrected chi connectivity index (χ0v) is 12.2. The van der Waals surface area contributed by atoms with Gasteiger partial charge in [-0.2, -0.15) is 0 Å². The maximum Gasteiger partial charge on any atom is 0.537 e. The monoisotopic (exact) mass is 325 g/mol. The Hall–Kier alpha value is -1.58. The van der Waals surface area contributed by atoms with Crippen molar-refractivity contribution < 1.29 is 24.0 Å². The number of thiazole rings is 1. The lowest BCUT2D eigenvalue weighted by Crippen LogP contribution is -2.40. The highest BCUT2D eigenvalue weighted by molar-refractivity contribution is 8.02. The van der Waals surface area contributed by atoms with Gasteiger partial charge >= 0.3 is 13.1 Å². The summed E-state index contributed by atoms with van der Waals surface area (Å²) in [6, 6.07) is 2.59. The molecule has 2 aromatic rings. The number of thioether (sulfide) groups is 1. The Morgan fingerprint density at radius 2 is 2.38 bits per heavy atom. The minimum atomic E-state index is -1.41. The minimum absolute atomic E-state index is 0.0917. The number of halogens is 1. The van der Waals surface area contributed by atoms with Crippen LogP contribution in [0.1, 0.15) is 15.9 Å². The number of aromatic carboxylic acids is 1. The van der Waals surface area contributed by atoms with Crippen molar-refractivity contribution in [2.75, 3.05) is 0 Å². The van der Waals surface area contributed by atoms with Crippen LogP contribution in [0.4, 0.5) is 4.39 Å². The highest BCUT2D eigenvalue weighted by Gasteiger charge is 2.38. The van der Waals surface area contributed by atoms with Gasteiger partial charge in [-0.05, 0) is 18.1 Å². The van der Waals surface area contributed by atoms with Crippen LogP contribution in [-0.2, 0) is 6.42 Å². The molecule has 1 unspecified atom stereocenters. The van der Waals surface area contributed by atoms with E-state index in [1.807, 2.05) is 5.38 Å². The second kappa shape index (κ2) is 5.66. The van der Waals surface area contributed by atoms with E-state index in [2.05, 4.69) is 4.98 Å². The van der Waals surface area contributed by atoms with Crippen LogP contribution in [0.3, 0.4) is 0 Å². The topological polar surface area (TPSA) is 79.7 Å². The van der Waals surface area contributed by atoms with Gasteiger partial charge in [0.25, 0.3) is 0 Å². The summed E-state index contributed by atoms with van der Waals surface area (Å²) >= 11 is 2.79. The first-order valence-corrected chi connectivity index (χ1v) is 7.77. The van der Waals surface area contributed by atoms with Gasteiger partial charge < -0.3 is 14.8 Å². The smallest absolute Gasteiger partial charge is 0.535 e. The lowest BCUT2D eigenvalue weighted by atomic mass is 9.77. The van der Waals surface area contributed by atoms with Gasteiger partial charge in [-0.1, -0.05) is 17.8 Å². The van der Waals surface area contributed by atoms with Gasteiger partial charge in [-0.15, -0.1) is 11.3 Å². The van der Waals surface area contributed by atoms with Crippen LogP contribution >= 0.6 is 23.1 Å². The number of rotatable bonds is 3. The molecule has 2 heterocycles. The molecule has 2 N–H and O–H groups in total. The molecule has 0 fully saturated rings. The van der Waals surface area contributed by atoms with E-state index in [1.165, 1.54) is 29.2 Å². The summed E-state index contributed by atoms with van der Waals surface area (Å²) < 4.78 is 19.6. The predicted octanol–water partition coefficient (Wildman–Crippen LogP) is 2.10. The fraction of sp³-hybridized carbons (Fsp3) is 0.167. The number of aromatic nitrogens is 1. The lowest BCUT2D eigenvalue weighted by molar-refractivity contribution is 0.0689. The third-order valence-corrected chi connectivity index (χ3v) is 5.19. The third-order valence-electron chi connectivity index (χ3n) is 3.04. The molecular formula is C12H9BFNO4S2. The van der Waals surface area contributed by atoms with Crippen molar-refractivity contribution in [3.8, 4) is 5.75 Å². The molecule has 5 nitrogen and oxygen atoms in total. The summed E-state index contributed by atoms with van der Waals surface area (Å²) in [7, 11) is -1.22. The molecule has 0 amide bonds. The largest absolute Gasteiger partial charge is 0.537 e. The van der Waals surface area contributed by atoms with E-state index in [9.17, 15) is 14.2 Å². The van der Waals surface area contributed by atoms with Crippen molar-refractivity contribution in [2.24, 2.45) is 0 Å². The summed E-state index contributed by atoms with van der Waals surface area (Å²) in [5.41, 5.74) is 0.0254. The average Bonchev–Trinajstić information content (AvgIpc) is 2.92. The summed E-state index contributed by atoms with van der Waals surface area (Å²) in [5.74, 6) is -2.38. The summed E-state index contributed by atoms with van der Waals surface area (Å²) in [6.07, 6.45) is 2.04. The van der Waals surface area contributed by atoms with E-state index >= 15 is 0 Å². The van der Waals surface area contributed by atoms with Crippen LogP contribution in [-0.4, -0.2) is 33.4 Å². The van der Waals surface area contributed by atoms with Crippen LogP contribution < -0.4 is 4.65 Å². The minimum Gasteiger partial charge on any atom is -0.535 e. The quantitative estimate of drug-likeness (QED) is 0.842. The van der Waals surface area contributed by atoms with E-state index in [0.29, 0.717) is 12.0 Å². The Morgan fingerprint density at radius 1 is 1.57 bits per heavy atom. The summed E-state index contributed by atoms with van der Waals surface area (Å²) in [5, 5.41) is 20.6. The number of carbonyl (C=O) groups is 1. The molecule has 1 aromatic heterocycles. The predicted molar refractivity (Wildman–Crippen MR) is 77.4 cm³/mol. The van der Waals surface area contributed by atoms with E-state index < -0.39 is 24.5 Å². The highest BCUT2D eigenvalue weighted by atomic mass is 32.2. The summed E-state index contributed by atoms with van der Waals surface area (Å²) in [4.78, 5) is 15.2. The number of hydrogen-bond acceptors (Lipinski definition) is 6. The number of hydrogen-bond donors (Lipinski definition) is 2. The third kappa shape index (κ3) is 2.76. The van der Waals surface area contributed by atoms with Crippen molar-refractivity contribution in [3.05, 3.63) is 40.7 Å². The number of fused-ring (bicyclic) bond motifs is 1. The molecule has 1 atom stereocenters. The molecule has 0 spiro atoms. The molecule has 1 aliphatic rings. The van der Waals surface area contributed by atoms with Crippen molar-refractivity contribution in [1.82, 2.24) is 4.98 Å². The Kier molecular flexibility index (Phi) is 3.88. The zero-order valence-electron chi connectivity index (χ0n) is 10.5. The molecule has 1 aromatic carbocycles. The molecule has 0 saturated heterocycles. The van der Waals surface area contributed by atoms with Gasteiger partial charge in [-0.25, -0.2) is 14.2 Å². The standard InChI is InChI=1S/C12H9BFNO4S2/c14-7-2-1-6-5-8(21-12-15-3-4-20-12)13(18)19-10(6)9(7)11(16)17/h1-4,8,18H,5H2,(H,16,17). The van der Waals surface area contributed by atoms with Gasteiger partial charge in [0, 0.05) is 11.6 Å². The Bertz CT molecular complexity index is 682. The fourth-order valence-electron chi connectivity index (χ4n) is 2.11. The normalized spacial score (nSPS) is 17.2. The molecule has 108 valence electrons. The Labute approximate surface area is 127 Å². The highest BCUT2D eigenvalue weighted by Crippen LogP contribution is 2.37. The lowest BCUT2D eigenvalue weighted by Gasteiger charge is -2.27. The Morgan fingerprint density at radius 3 is 3.05 bits per heavy atom. The maximum absolute atomic E-state index is 13.6. The molecule has 0 saturated carbocycles. The summed E-state index contributed by atoms with van der Waals surface area (Å²) in [6.45, 7) is 0. The van der Waals surface area contributed by atoms with Gasteiger partial charge in [-0.3, -0.25) is 0 Å². The molecule has 0 radical (unpaired) electrons. The average molecular weight is 325 g/mol. The van der Waals surface area contributed by atoms with Crippen LogP contribution in [0.15, 0.2) is 28.0 Å². The van der Waals surface area contributed by atoms with Crippen LogP contribution in [0.25, 0.3) is 0 Å². The first-order chi connectivity index (χ1) is 10.1. The van der Waals surface area contributed by atoms with E-state index in [4.69, 9.17) is 9.76 Å². The SMILES string of the molecule is O=C(O)c1c(F)ccc2c1OB(O)C(Sc1nccs1)C2.